The van der Waals surface area contributed by atoms with E-state index in [2.05, 4.69) is 16.8 Å². The maximum atomic E-state index is 13.0. The van der Waals surface area contributed by atoms with Crippen LogP contribution in [-0.4, -0.2) is 66.6 Å². The zero-order valence-electron chi connectivity index (χ0n) is 11.3. The van der Waals surface area contributed by atoms with E-state index in [9.17, 15) is 13.6 Å². The average molecular weight is 276 g/mol. The van der Waals surface area contributed by atoms with Crippen LogP contribution in [0.15, 0.2) is 0 Å². The number of rotatable bonds is 3. The fourth-order valence-corrected chi connectivity index (χ4v) is 3.17. The summed E-state index contributed by atoms with van der Waals surface area (Å²) < 4.78 is 26.1. The maximum Gasteiger partial charge on any atom is 0.315 e. The molecule has 2 aliphatic rings. The van der Waals surface area contributed by atoms with Gasteiger partial charge in [0.05, 0.1) is 0 Å². The minimum absolute atomic E-state index is 0.0618. The quantitative estimate of drug-likeness (QED) is 0.848. The first-order valence-electron chi connectivity index (χ1n) is 6.90. The summed E-state index contributed by atoms with van der Waals surface area (Å²) in [6, 6.07) is 0.431. The normalized spacial score (nSPS) is 26.7. The Morgan fingerprint density at radius 3 is 2.16 bits per heavy atom. The molecular formula is C13H22F2N2O2. The first kappa shape index (κ1) is 14.7. The van der Waals surface area contributed by atoms with Gasteiger partial charge in [-0.25, -0.2) is 8.78 Å². The number of piperidine rings is 2. The van der Waals surface area contributed by atoms with E-state index in [0.717, 1.165) is 25.9 Å². The van der Waals surface area contributed by atoms with Crippen molar-refractivity contribution in [2.75, 3.05) is 33.2 Å². The lowest BCUT2D eigenvalue weighted by Crippen LogP contribution is -2.53. The zero-order valence-corrected chi connectivity index (χ0v) is 11.3. The van der Waals surface area contributed by atoms with Gasteiger partial charge in [-0.15, -0.1) is 0 Å². The molecule has 2 fully saturated rings. The lowest BCUT2D eigenvalue weighted by atomic mass is 9.78. The predicted octanol–water partition coefficient (Wildman–Crippen LogP) is 1.51. The van der Waals surface area contributed by atoms with Gasteiger partial charge in [0, 0.05) is 6.04 Å². The van der Waals surface area contributed by atoms with E-state index in [4.69, 9.17) is 5.11 Å². The topological polar surface area (TPSA) is 43.8 Å². The highest BCUT2D eigenvalue weighted by Gasteiger charge is 2.50. The Bertz CT molecular complexity index is 323. The first-order valence-corrected chi connectivity index (χ1v) is 6.90. The number of carbonyl (C=O) groups is 1. The molecule has 0 amide bonds. The van der Waals surface area contributed by atoms with Gasteiger partial charge in [0.15, 0.2) is 0 Å². The number of carboxylic acids is 1. The highest BCUT2D eigenvalue weighted by atomic mass is 19.3. The summed E-state index contributed by atoms with van der Waals surface area (Å²) in [5, 5.41) is 9.09. The summed E-state index contributed by atoms with van der Waals surface area (Å²) in [6.45, 7) is 3.01. The number of carboxylic acid groups (broad SMARTS) is 1. The number of hydrogen-bond acceptors (Lipinski definition) is 3. The number of halogens is 2. The molecule has 2 heterocycles. The SMILES string of the molecule is CN1CCC(N2CCC(C(=O)O)(C(F)F)CC2)CC1. The summed E-state index contributed by atoms with van der Waals surface area (Å²) in [5.41, 5.74) is -1.82. The zero-order chi connectivity index (χ0) is 14.0. The van der Waals surface area contributed by atoms with Crippen LogP contribution in [0.1, 0.15) is 25.7 Å². The monoisotopic (exact) mass is 276 g/mol. The second-order valence-corrected chi connectivity index (χ2v) is 5.83. The third kappa shape index (κ3) is 2.89. The van der Waals surface area contributed by atoms with Crippen molar-refractivity contribution in [2.24, 2.45) is 5.41 Å². The van der Waals surface area contributed by atoms with E-state index in [1.165, 1.54) is 0 Å². The Balaban J connectivity index is 1.93. The van der Waals surface area contributed by atoms with Crippen molar-refractivity contribution in [3.8, 4) is 0 Å². The predicted molar refractivity (Wildman–Crippen MR) is 67.4 cm³/mol. The van der Waals surface area contributed by atoms with Gasteiger partial charge in [-0.2, -0.15) is 0 Å². The third-order valence-electron chi connectivity index (χ3n) is 4.74. The third-order valence-corrected chi connectivity index (χ3v) is 4.74. The van der Waals surface area contributed by atoms with Gasteiger partial charge in [-0.1, -0.05) is 0 Å². The van der Waals surface area contributed by atoms with Gasteiger partial charge >= 0.3 is 5.97 Å². The van der Waals surface area contributed by atoms with E-state index in [1.54, 1.807) is 0 Å². The molecule has 0 aromatic carbocycles. The van der Waals surface area contributed by atoms with E-state index >= 15 is 0 Å². The molecule has 1 N–H and O–H groups in total. The minimum Gasteiger partial charge on any atom is -0.481 e. The molecular weight excluding hydrogens is 254 g/mol. The van der Waals surface area contributed by atoms with Crippen LogP contribution in [0.5, 0.6) is 0 Å². The molecule has 19 heavy (non-hydrogen) atoms. The summed E-state index contributed by atoms with van der Waals surface area (Å²) >= 11 is 0. The van der Waals surface area contributed by atoms with Crippen LogP contribution in [0.25, 0.3) is 0 Å². The van der Waals surface area contributed by atoms with Gasteiger partial charge in [0.1, 0.15) is 5.41 Å². The fourth-order valence-electron chi connectivity index (χ4n) is 3.17. The molecule has 2 rings (SSSR count). The van der Waals surface area contributed by atoms with Crippen LogP contribution in [0.3, 0.4) is 0 Å². The molecule has 4 nitrogen and oxygen atoms in total. The standard InChI is InChI=1S/C13H22F2N2O2/c1-16-6-2-10(3-7-16)17-8-4-13(5-9-17,11(14)15)12(18)19/h10-11H,2-9H2,1H3,(H,18,19). The number of likely N-dealkylation sites (tertiary alicyclic amines) is 2. The van der Waals surface area contributed by atoms with Gasteiger partial charge in [-0.3, -0.25) is 4.79 Å². The first-order chi connectivity index (χ1) is 8.95. The van der Waals surface area contributed by atoms with Gasteiger partial charge < -0.3 is 14.9 Å². The Hall–Kier alpha value is -0.750. The van der Waals surface area contributed by atoms with Crippen LogP contribution in [-0.2, 0) is 4.79 Å². The molecule has 0 spiro atoms. The van der Waals surface area contributed by atoms with Crippen molar-refractivity contribution < 1.29 is 18.7 Å². The molecule has 6 heteroatoms. The molecule has 0 aliphatic carbocycles. The highest BCUT2D eigenvalue weighted by Crippen LogP contribution is 2.39. The van der Waals surface area contributed by atoms with Crippen molar-refractivity contribution in [2.45, 2.75) is 38.2 Å². The van der Waals surface area contributed by atoms with Crippen molar-refractivity contribution in [1.29, 1.82) is 0 Å². The lowest BCUT2D eigenvalue weighted by Gasteiger charge is -2.43. The molecule has 0 aromatic rings. The largest absolute Gasteiger partial charge is 0.481 e. The van der Waals surface area contributed by atoms with E-state index in [-0.39, 0.29) is 12.8 Å². The number of alkyl halides is 2. The second-order valence-electron chi connectivity index (χ2n) is 5.83. The molecule has 0 radical (unpaired) electrons. The molecule has 0 atom stereocenters. The molecule has 0 saturated carbocycles. The maximum absolute atomic E-state index is 13.0. The molecule has 0 bridgehead atoms. The Morgan fingerprint density at radius 1 is 1.21 bits per heavy atom. The smallest absolute Gasteiger partial charge is 0.315 e. The second kappa shape index (κ2) is 5.71. The summed E-state index contributed by atoms with van der Waals surface area (Å²) in [5.74, 6) is -1.34. The van der Waals surface area contributed by atoms with Gasteiger partial charge in [-0.05, 0) is 58.9 Å². The number of nitrogens with zero attached hydrogens (tertiary/aromatic N) is 2. The van der Waals surface area contributed by atoms with Gasteiger partial charge in [0.25, 0.3) is 6.43 Å². The van der Waals surface area contributed by atoms with Crippen molar-refractivity contribution in [1.82, 2.24) is 9.80 Å². The summed E-state index contributed by atoms with van der Waals surface area (Å²) in [7, 11) is 2.08. The van der Waals surface area contributed by atoms with Crippen molar-refractivity contribution in [3.05, 3.63) is 0 Å². The molecule has 0 unspecified atom stereocenters. The molecule has 110 valence electrons. The molecule has 2 aliphatic heterocycles. The number of aliphatic carboxylic acids is 1. The van der Waals surface area contributed by atoms with Crippen LogP contribution >= 0.6 is 0 Å². The van der Waals surface area contributed by atoms with Crippen molar-refractivity contribution >= 4 is 5.97 Å². The average Bonchev–Trinajstić information content (AvgIpc) is 2.39. The highest BCUT2D eigenvalue weighted by molar-refractivity contribution is 5.75. The molecule has 0 aromatic heterocycles. The van der Waals surface area contributed by atoms with E-state index < -0.39 is 17.8 Å². The van der Waals surface area contributed by atoms with E-state index in [0.29, 0.717) is 19.1 Å². The van der Waals surface area contributed by atoms with Crippen LogP contribution < -0.4 is 0 Å². The van der Waals surface area contributed by atoms with Crippen LogP contribution in [0.4, 0.5) is 8.78 Å². The number of hydrogen-bond donors (Lipinski definition) is 1. The Labute approximate surface area is 112 Å². The summed E-state index contributed by atoms with van der Waals surface area (Å²) in [4.78, 5) is 15.6. The Morgan fingerprint density at radius 2 is 1.74 bits per heavy atom. The van der Waals surface area contributed by atoms with Crippen LogP contribution in [0.2, 0.25) is 0 Å². The summed E-state index contributed by atoms with van der Waals surface area (Å²) in [6.07, 6.45) is -0.556. The van der Waals surface area contributed by atoms with Gasteiger partial charge in [0.2, 0.25) is 0 Å². The Kier molecular flexibility index (Phi) is 4.40. The fraction of sp³-hybridized carbons (Fsp3) is 0.923. The van der Waals surface area contributed by atoms with Crippen LogP contribution in [0, 0.1) is 5.41 Å². The minimum atomic E-state index is -2.77. The van der Waals surface area contributed by atoms with Crippen molar-refractivity contribution in [3.63, 3.8) is 0 Å². The van der Waals surface area contributed by atoms with E-state index in [1.807, 2.05) is 0 Å². The molecule has 2 saturated heterocycles. The lowest BCUT2D eigenvalue weighted by molar-refractivity contribution is -0.165.